The summed E-state index contributed by atoms with van der Waals surface area (Å²) in [5, 5.41) is 27.3. The normalized spacial score (nSPS) is 42.5. The molecule has 1 aliphatic heterocycles. The first kappa shape index (κ1) is 9.44. The Morgan fingerprint density at radius 2 is 1.92 bits per heavy atom. The van der Waals surface area contributed by atoms with Crippen LogP contribution < -0.4 is 0 Å². The number of hydrogen-bond acceptors (Lipinski definition) is 5. The van der Waals surface area contributed by atoms with Crippen LogP contribution in [0.1, 0.15) is 13.3 Å². The summed E-state index contributed by atoms with van der Waals surface area (Å²) in [6, 6.07) is 0. The molecule has 5 heteroatoms. The van der Waals surface area contributed by atoms with Crippen LogP contribution in [0.3, 0.4) is 0 Å². The van der Waals surface area contributed by atoms with Crippen molar-refractivity contribution in [2.75, 3.05) is 0 Å². The average Bonchev–Trinajstić information content (AvgIpc) is 2.08. The van der Waals surface area contributed by atoms with Gasteiger partial charge in [0.25, 0.3) is 0 Å². The van der Waals surface area contributed by atoms with E-state index in [1.807, 2.05) is 0 Å². The second-order valence-electron chi connectivity index (χ2n) is 2.81. The average molecular weight is 176 g/mol. The highest BCUT2D eigenvalue weighted by atomic mass is 16.6. The molecular weight excluding hydrogens is 164 g/mol. The molecule has 12 heavy (non-hydrogen) atoms. The highest BCUT2D eigenvalue weighted by molar-refractivity contribution is 5.76. The van der Waals surface area contributed by atoms with Crippen LogP contribution in [0.15, 0.2) is 0 Å². The van der Waals surface area contributed by atoms with E-state index < -0.39 is 30.4 Å². The third-order valence-corrected chi connectivity index (χ3v) is 1.97. The van der Waals surface area contributed by atoms with Crippen LogP contribution in [0.4, 0.5) is 0 Å². The fourth-order valence-corrected chi connectivity index (χ4v) is 1.16. The predicted molar refractivity (Wildman–Crippen MR) is 38.2 cm³/mol. The number of carbonyl (C=O) groups excluding carboxylic acids is 1. The Kier molecular flexibility index (Phi) is 2.66. The molecule has 4 atom stereocenters. The number of aliphatic hydroxyl groups is 3. The number of rotatable bonds is 1. The minimum absolute atomic E-state index is 0.413. The maximum absolute atomic E-state index is 10.8. The largest absolute Gasteiger partial charge is 0.458 e. The number of hydrogen-bond donors (Lipinski definition) is 3. The quantitative estimate of drug-likeness (QED) is 0.419. The van der Waals surface area contributed by atoms with E-state index in [1.165, 1.54) is 0 Å². The molecule has 0 radical (unpaired) electrons. The van der Waals surface area contributed by atoms with Crippen molar-refractivity contribution in [3.8, 4) is 0 Å². The van der Waals surface area contributed by atoms with Crippen molar-refractivity contribution in [2.45, 2.75) is 37.8 Å². The van der Waals surface area contributed by atoms with Crippen LogP contribution in [0.2, 0.25) is 0 Å². The molecule has 0 bridgehead atoms. The first-order valence-electron chi connectivity index (χ1n) is 3.82. The summed E-state index contributed by atoms with van der Waals surface area (Å²) in [5.74, 6) is -0.875. The Morgan fingerprint density at radius 1 is 1.33 bits per heavy atom. The molecule has 5 nitrogen and oxygen atoms in total. The van der Waals surface area contributed by atoms with Gasteiger partial charge < -0.3 is 20.1 Å². The zero-order valence-electron chi connectivity index (χ0n) is 6.67. The Bertz CT molecular complexity index is 179. The summed E-state index contributed by atoms with van der Waals surface area (Å²) in [7, 11) is 0. The van der Waals surface area contributed by atoms with Crippen molar-refractivity contribution in [1.29, 1.82) is 0 Å². The van der Waals surface area contributed by atoms with Gasteiger partial charge in [0.1, 0.15) is 18.3 Å². The minimum atomic E-state index is -1.62. The summed E-state index contributed by atoms with van der Waals surface area (Å²) in [5.41, 5.74) is 0. The van der Waals surface area contributed by atoms with Gasteiger partial charge in [-0.15, -0.1) is 0 Å². The van der Waals surface area contributed by atoms with Crippen molar-refractivity contribution in [3.05, 3.63) is 0 Å². The lowest BCUT2D eigenvalue weighted by Gasteiger charge is -2.33. The maximum Gasteiger partial charge on any atom is 0.338 e. The standard InChI is InChI=1S/C7H12O5/c1-2-3-4(8)5(9)6(10)7(11)12-3/h3-6,8-10H,2H2,1H3. The van der Waals surface area contributed by atoms with Gasteiger partial charge in [0, 0.05) is 0 Å². The smallest absolute Gasteiger partial charge is 0.338 e. The van der Waals surface area contributed by atoms with Crippen LogP contribution in [-0.2, 0) is 9.53 Å². The molecule has 4 unspecified atom stereocenters. The fourth-order valence-electron chi connectivity index (χ4n) is 1.16. The topological polar surface area (TPSA) is 87.0 Å². The maximum atomic E-state index is 10.8. The van der Waals surface area contributed by atoms with Crippen molar-refractivity contribution in [1.82, 2.24) is 0 Å². The number of aliphatic hydroxyl groups excluding tert-OH is 3. The van der Waals surface area contributed by atoms with E-state index in [4.69, 9.17) is 10.2 Å². The van der Waals surface area contributed by atoms with Gasteiger partial charge >= 0.3 is 5.97 Å². The second kappa shape index (κ2) is 3.38. The molecule has 1 rings (SSSR count). The zero-order chi connectivity index (χ0) is 9.30. The molecule has 0 saturated carbocycles. The molecule has 70 valence electrons. The van der Waals surface area contributed by atoms with Gasteiger partial charge in [0.05, 0.1) is 0 Å². The molecule has 0 aromatic heterocycles. The first-order valence-corrected chi connectivity index (χ1v) is 3.82. The molecule has 0 aliphatic carbocycles. The number of ether oxygens (including phenoxy) is 1. The first-order chi connectivity index (χ1) is 5.57. The van der Waals surface area contributed by atoms with E-state index >= 15 is 0 Å². The predicted octanol–water partition coefficient (Wildman–Crippen LogP) is -1.60. The van der Waals surface area contributed by atoms with Gasteiger partial charge in [-0.2, -0.15) is 0 Å². The lowest BCUT2D eigenvalue weighted by Crippen LogP contribution is -2.55. The molecule has 1 saturated heterocycles. The van der Waals surface area contributed by atoms with Gasteiger partial charge in [-0.25, -0.2) is 4.79 Å². The SMILES string of the molecule is CCC1OC(=O)C(O)C(O)C1O. The van der Waals surface area contributed by atoms with Crippen molar-refractivity contribution < 1.29 is 24.9 Å². The molecular formula is C7H12O5. The van der Waals surface area contributed by atoms with E-state index in [9.17, 15) is 9.90 Å². The summed E-state index contributed by atoms with van der Waals surface area (Å²) < 4.78 is 4.63. The Morgan fingerprint density at radius 3 is 2.42 bits per heavy atom. The highest BCUT2D eigenvalue weighted by Gasteiger charge is 2.42. The molecule has 1 aliphatic rings. The summed E-state index contributed by atoms with van der Waals surface area (Å²) in [6.07, 6.45) is -4.55. The van der Waals surface area contributed by atoms with Crippen LogP contribution in [0.25, 0.3) is 0 Å². The molecule has 0 aromatic carbocycles. The van der Waals surface area contributed by atoms with Crippen LogP contribution in [0.5, 0.6) is 0 Å². The fraction of sp³-hybridized carbons (Fsp3) is 0.857. The third kappa shape index (κ3) is 1.43. The highest BCUT2D eigenvalue weighted by Crippen LogP contribution is 2.18. The van der Waals surface area contributed by atoms with Crippen molar-refractivity contribution in [2.24, 2.45) is 0 Å². The van der Waals surface area contributed by atoms with Gasteiger partial charge in [-0.05, 0) is 6.42 Å². The van der Waals surface area contributed by atoms with E-state index in [1.54, 1.807) is 6.92 Å². The van der Waals surface area contributed by atoms with E-state index in [2.05, 4.69) is 4.74 Å². The van der Waals surface area contributed by atoms with Gasteiger partial charge in [-0.3, -0.25) is 0 Å². The summed E-state index contributed by atoms with van der Waals surface area (Å²) >= 11 is 0. The number of cyclic esters (lactones) is 1. The van der Waals surface area contributed by atoms with E-state index in [-0.39, 0.29) is 0 Å². The van der Waals surface area contributed by atoms with Crippen molar-refractivity contribution >= 4 is 5.97 Å². The molecule has 1 heterocycles. The zero-order valence-corrected chi connectivity index (χ0v) is 6.67. The number of esters is 1. The molecule has 0 amide bonds. The summed E-state index contributed by atoms with van der Waals surface area (Å²) in [6.45, 7) is 1.71. The number of carbonyl (C=O) groups is 1. The van der Waals surface area contributed by atoms with E-state index in [0.29, 0.717) is 6.42 Å². The van der Waals surface area contributed by atoms with Crippen molar-refractivity contribution in [3.63, 3.8) is 0 Å². The monoisotopic (exact) mass is 176 g/mol. The summed E-state index contributed by atoms with van der Waals surface area (Å²) in [4.78, 5) is 10.8. The minimum Gasteiger partial charge on any atom is -0.458 e. The lowest BCUT2D eigenvalue weighted by atomic mass is 9.98. The van der Waals surface area contributed by atoms with Gasteiger partial charge in [0.2, 0.25) is 0 Å². The molecule has 1 fully saturated rings. The van der Waals surface area contributed by atoms with Crippen LogP contribution in [0, 0.1) is 0 Å². The Hall–Kier alpha value is -0.650. The molecule has 0 spiro atoms. The lowest BCUT2D eigenvalue weighted by molar-refractivity contribution is -0.202. The Labute approximate surface area is 69.6 Å². The second-order valence-corrected chi connectivity index (χ2v) is 2.81. The van der Waals surface area contributed by atoms with E-state index in [0.717, 1.165) is 0 Å². The molecule has 3 N–H and O–H groups in total. The van der Waals surface area contributed by atoms with Crippen LogP contribution in [-0.4, -0.2) is 45.7 Å². The van der Waals surface area contributed by atoms with Crippen LogP contribution >= 0.6 is 0 Å². The molecule has 0 aromatic rings. The third-order valence-electron chi connectivity index (χ3n) is 1.97. The van der Waals surface area contributed by atoms with Gasteiger partial charge in [-0.1, -0.05) is 6.92 Å². The van der Waals surface area contributed by atoms with Gasteiger partial charge in [0.15, 0.2) is 6.10 Å². The Balaban J connectivity index is 2.70.